The highest BCUT2D eigenvalue weighted by molar-refractivity contribution is 5.77. The van der Waals surface area contributed by atoms with E-state index < -0.39 is 23.7 Å². The Morgan fingerprint density at radius 1 is 1.48 bits per heavy atom. The van der Waals surface area contributed by atoms with Gasteiger partial charge in [-0.05, 0) is 18.6 Å². The number of pyridine rings is 1. The summed E-state index contributed by atoms with van der Waals surface area (Å²) in [7, 11) is 0. The Kier molecular flexibility index (Phi) is 4.69. The van der Waals surface area contributed by atoms with E-state index in [1.165, 1.54) is 12.3 Å². The van der Waals surface area contributed by atoms with Crippen molar-refractivity contribution in [3.8, 4) is 5.88 Å². The summed E-state index contributed by atoms with van der Waals surface area (Å²) in [6.07, 6.45) is -1.44. The predicted molar refractivity (Wildman–Crippen MR) is 69.8 cm³/mol. The molecule has 2 rings (SSSR count). The molecule has 0 atom stereocenters. The first-order chi connectivity index (χ1) is 9.91. The fraction of sp³-hybridized carbons (Fsp3) is 0.571. The smallest absolute Gasteiger partial charge is 0.421 e. The number of ether oxygens (including phenoxy) is 1. The average Bonchev–Trinajstić information content (AvgIpc) is 2.39. The highest BCUT2D eigenvalue weighted by atomic mass is 19.4. The van der Waals surface area contributed by atoms with Gasteiger partial charge in [0, 0.05) is 12.6 Å². The third-order valence-electron chi connectivity index (χ3n) is 3.30. The van der Waals surface area contributed by atoms with Crippen LogP contribution in [0, 0.1) is 0 Å². The SMILES string of the molecule is CCCCC(=O)N1CC(Oc2ncccc2C(F)(F)F)C1. The second-order valence-electron chi connectivity index (χ2n) is 5.00. The van der Waals surface area contributed by atoms with Gasteiger partial charge in [-0.1, -0.05) is 13.3 Å². The van der Waals surface area contributed by atoms with Crippen LogP contribution in [0.4, 0.5) is 13.2 Å². The van der Waals surface area contributed by atoms with Crippen molar-refractivity contribution in [2.45, 2.75) is 38.5 Å². The van der Waals surface area contributed by atoms with Crippen LogP contribution in [0.3, 0.4) is 0 Å². The molecule has 1 amide bonds. The van der Waals surface area contributed by atoms with E-state index in [1.54, 1.807) is 4.90 Å². The Hall–Kier alpha value is -1.79. The molecule has 1 aliphatic rings. The maximum Gasteiger partial charge on any atom is 0.421 e. The van der Waals surface area contributed by atoms with Crippen molar-refractivity contribution >= 4 is 5.91 Å². The minimum absolute atomic E-state index is 0.0220. The molecule has 0 aliphatic carbocycles. The Bertz CT molecular complexity index is 499. The van der Waals surface area contributed by atoms with Crippen molar-refractivity contribution < 1.29 is 22.7 Å². The molecule has 1 fully saturated rings. The summed E-state index contributed by atoms with van der Waals surface area (Å²) in [6, 6.07) is 2.15. The van der Waals surface area contributed by atoms with Crippen LogP contribution in [0.2, 0.25) is 0 Å². The molecule has 21 heavy (non-hydrogen) atoms. The van der Waals surface area contributed by atoms with Gasteiger partial charge >= 0.3 is 6.18 Å². The van der Waals surface area contributed by atoms with Crippen LogP contribution in [0.5, 0.6) is 5.88 Å². The summed E-state index contributed by atoms with van der Waals surface area (Å²) in [5.41, 5.74) is -0.888. The van der Waals surface area contributed by atoms with Crippen molar-refractivity contribution in [3.63, 3.8) is 0 Å². The quantitative estimate of drug-likeness (QED) is 0.840. The van der Waals surface area contributed by atoms with Crippen LogP contribution in [0.15, 0.2) is 18.3 Å². The summed E-state index contributed by atoms with van der Waals surface area (Å²) in [4.78, 5) is 16.9. The summed E-state index contributed by atoms with van der Waals surface area (Å²) in [6.45, 7) is 2.63. The molecule has 0 bridgehead atoms. The van der Waals surface area contributed by atoms with Crippen LogP contribution in [0.25, 0.3) is 0 Å². The largest absolute Gasteiger partial charge is 0.470 e. The number of carbonyl (C=O) groups is 1. The van der Waals surface area contributed by atoms with Gasteiger partial charge in [-0.25, -0.2) is 4.98 Å². The fourth-order valence-electron chi connectivity index (χ4n) is 2.06. The molecule has 1 aromatic heterocycles. The Labute approximate surface area is 120 Å². The van der Waals surface area contributed by atoms with Crippen molar-refractivity contribution in [1.82, 2.24) is 9.88 Å². The predicted octanol–water partition coefficient (Wildman–Crippen LogP) is 2.88. The molecule has 2 heterocycles. The lowest BCUT2D eigenvalue weighted by atomic mass is 10.1. The maximum absolute atomic E-state index is 12.8. The van der Waals surface area contributed by atoms with Crippen molar-refractivity contribution in [3.05, 3.63) is 23.9 Å². The van der Waals surface area contributed by atoms with E-state index in [0.29, 0.717) is 19.5 Å². The Morgan fingerprint density at radius 2 is 2.19 bits per heavy atom. The molecule has 0 radical (unpaired) electrons. The molecule has 0 spiro atoms. The van der Waals surface area contributed by atoms with Crippen molar-refractivity contribution in [2.75, 3.05) is 13.1 Å². The minimum atomic E-state index is -4.50. The number of nitrogens with zero attached hydrogens (tertiary/aromatic N) is 2. The van der Waals surface area contributed by atoms with Gasteiger partial charge in [0.15, 0.2) is 0 Å². The number of amides is 1. The van der Waals surface area contributed by atoms with Gasteiger partial charge < -0.3 is 9.64 Å². The van der Waals surface area contributed by atoms with Crippen LogP contribution < -0.4 is 4.74 Å². The third kappa shape index (κ3) is 3.86. The molecular formula is C14H17F3N2O2. The highest BCUT2D eigenvalue weighted by Gasteiger charge is 2.38. The Balaban J connectivity index is 1.90. The molecule has 1 aliphatic heterocycles. The summed E-state index contributed by atoms with van der Waals surface area (Å²) < 4.78 is 43.6. The van der Waals surface area contributed by atoms with Gasteiger partial charge in [0.25, 0.3) is 0 Å². The first kappa shape index (κ1) is 15.6. The van der Waals surface area contributed by atoms with E-state index in [-0.39, 0.29) is 5.91 Å². The van der Waals surface area contributed by atoms with Crippen LogP contribution in [-0.4, -0.2) is 35.0 Å². The molecule has 1 aromatic rings. The molecule has 0 unspecified atom stereocenters. The maximum atomic E-state index is 12.8. The monoisotopic (exact) mass is 302 g/mol. The topological polar surface area (TPSA) is 42.4 Å². The number of rotatable bonds is 5. The molecule has 0 saturated carbocycles. The molecule has 116 valence electrons. The number of carbonyl (C=O) groups excluding carboxylic acids is 1. The van der Waals surface area contributed by atoms with Gasteiger partial charge in [0.1, 0.15) is 11.7 Å². The Morgan fingerprint density at radius 3 is 2.81 bits per heavy atom. The number of halogens is 3. The van der Waals surface area contributed by atoms with Gasteiger partial charge in [0.2, 0.25) is 11.8 Å². The van der Waals surface area contributed by atoms with E-state index in [4.69, 9.17) is 4.74 Å². The number of likely N-dealkylation sites (tertiary alicyclic amines) is 1. The zero-order chi connectivity index (χ0) is 15.5. The van der Waals surface area contributed by atoms with Crippen molar-refractivity contribution in [1.29, 1.82) is 0 Å². The second-order valence-corrected chi connectivity index (χ2v) is 5.00. The molecule has 0 aromatic carbocycles. The number of unbranched alkanes of at least 4 members (excludes halogenated alkanes) is 1. The zero-order valence-electron chi connectivity index (χ0n) is 11.7. The number of alkyl halides is 3. The van der Waals surface area contributed by atoms with Crippen LogP contribution in [-0.2, 0) is 11.0 Å². The lowest BCUT2D eigenvalue weighted by molar-refractivity contribution is -0.145. The number of hydrogen-bond acceptors (Lipinski definition) is 3. The summed E-state index contributed by atoms with van der Waals surface area (Å²) >= 11 is 0. The normalized spacial score (nSPS) is 15.7. The average molecular weight is 302 g/mol. The highest BCUT2D eigenvalue weighted by Crippen LogP contribution is 2.35. The van der Waals surface area contributed by atoms with Gasteiger partial charge in [-0.2, -0.15) is 13.2 Å². The number of hydrogen-bond donors (Lipinski definition) is 0. The van der Waals surface area contributed by atoms with Crippen LogP contribution >= 0.6 is 0 Å². The summed E-state index contributed by atoms with van der Waals surface area (Å²) in [5, 5.41) is 0. The molecular weight excluding hydrogens is 285 g/mol. The van der Waals surface area contributed by atoms with Gasteiger partial charge in [-0.15, -0.1) is 0 Å². The first-order valence-corrected chi connectivity index (χ1v) is 6.88. The molecule has 1 saturated heterocycles. The lowest BCUT2D eigenvalue weighted by Crippen LogP contribution is -2.56. The lowest BCUT2D eigenvalue weighted by Gasteiger charge is -2.39. The van der Waals surface area contributed by atoms with Gasteiger partial charge in [-0.3, -0.25) is 4.79 Å². The molecule has 0 N–H and O–H groups in total. The fourth-order valence-corrected chi connectivity index (χ4v) is 2.06. The first-order valence-electron chi connectivity index (χ1n) is 6.88. The van der Waals surface area contributed by atoms with E-state index in [1.807, 2.05) is 6.92 Å². The van der Waals surface area contributed by atoms with E-state index in [0.717, 1.165) is 18.9 Å². The zero-order valence-corrected chi connectivity index (χ0v) is 11.7. The minimum Gasteiger partial charge on any atom is -0.470 e. The third-order valence-corrected chi connectivity index (χ3v) is 3.30. The molecule has 7 heteroatoms. The second kappa shape index (κ2) is 6.32. The van der Waals surface area contributed by atoms with Crippen LogP contribution in [0.1, 0.15) is 31.7 Å². The van der Waals surface area contributed by atoms with Crippen molar-refractivity contribution in [2.24, 2.45) is 0 Å². The number of aromatic nitrogens is 1. The summed E-state index contributed by atoms with van der Waals surface area (Å²) in [5.74, 6) is -0.399. The molecule has 4 nitrogen and oxygen atoms in total. The van der Waals surface area contributed by atoms with E-state index in [2.05, 4.69) is 4.98 Å². The van der Waals surface area contributed by atoms with E-state index >= 15 is 0 Å². The van der Waals surface area contributed by atoms with Gasteiger partial charge in [0.05, 0.1) is 13.1 Å². The van der Waals surface area contributed by atoms with E-state index in [9.17, 15) is 18.0 Å². The standard InChI is InChI=1S/C14H17F3N2O2/c1-2-3-6-12(20)19-8-10(9-19)21-13-11(14(15,16)17)5-4-7-18-13/h4-5,7,10H,2-3,6,8-9H2,1H3.